The Morgan fingerprint density at radius 3 is 2.15 bits per heavy atom. The molecular formula is C46H39N9O5. The van der Waals surface area contributed by atoms with Crippen LogP contribution in [0.25, 0.3) is 78.9 Å². The van der Waals surface area contributed by atoms with Crippen molar-refractivity contribution in [2.24, 2.45) is 0 Å². The number of carbonyl (C=O) groups excluding carboxylic acids is 1. The van der Waals surface area contributed by atoms with Crippen LogP contribution in [0.2, 0.25) is 0 Å². The van der Waals surface area contributed by atoms with Crippen molar-refractivity contribution in [1.82, 2.24) is 45.2 Å². The summed E-state index contributed by atoms with van der Waals surface area (Å²) in [6, 6.07) is 23.8. The maximum absolute atomic E-state index is 14.0. The maximum Gasteiger partial charge on any atom is 0.252 e. The number of aryl methyl sites for hydroxylation is 1. The molecule has 10 rings (SSSR count). The molecule has 0 spiro atoms. The van der Waals surface area contributed by atoms with Gasteiger partial charge in [-0.1, -0.05) is 54.6 Å². The van der Waals surface area contributed by atoms with E-state index in [1.54, 1.807) is 18.2 Å². The van der Waals surface area contributed by atoms with Gasteiger partial charge in [0, 0.05) is 50.7 Å². The largest absolute Gasteiger partial charge is 0.508 e. The second-order valence-electron chi connectivity index (χ2n) is 15.2. The van der Waals surface area contributed by atoms with Crippen LogP contribution in [0.15, 0.2) is 90.5 Å². The van der Waals surface area contributed by atoms with E-state index in [0.29, 0.717) is 104 Å². The van der Waals surface area contributed by atoms with Crippen molar-refractivity contribution < 1.29 is 25.2 Å². The number of hydrogen-bond acceptors (Lipinski definition) is 11. The summed E-state index contributed by atoms with van der Waals surface area (Å²) >= 11 is 0. The second kappa shape index (κ2) is 15.2. The molecule has 0 saturated heterocycles. The summed E-state index contributed by atoms with van der Waals surface area (Å²) in [4.78, 5) is 51.2. The van der Waals surface area contributed by atoms with E-state index < -0.39 is 0 Å². The van der Waals surface area contributed by atoms with Crippen molar-refractivity contribution in [1.29, 1.82) is 0 Å². The third-order valence-corrected chi connectivity index (χ3v) is 11.3. The van der Waals surface area contributed by atoms with Gasteiger partial charge >= 0.3 is 0 Å². The first-order valence-electron chi connectivity index (χ1n) is 19.9. The highest BCUT2D eigenvalue weighted by molar-refractivity contribution is 6.07. The van der Waals surface area contributed by atoms with Crippen LogP contribution in [0, 0.1) is 0 Å². The molecule has 0 atom stereocenters. The van der Waals surface area contributed by atoms with E-state index >= 15 is 0 Å². The number of aliphatic hydroxyl groups excluding tert-OH is 3. The number of aromatic nitrogens is 8. The lowest BCUT2D eigenvalue weighted by Gasteiger charge is -2.11. The number of H-pyrrole nitrogens is 2. The molecule has 0 fully saturated rings. The number of aromatic amines is 2. The first kappa shape index (κ1) is 37.2. The molecule has 3 aliphatic rings. The third-order valence-electron chi connectivity index (χ3n) is 11.3. The number of amides is 1. The minimum Gasteiger partial charge on any atom is -0.508 e. The van der Waals surface area contributed by atoms with Crippen molar-refractivity contribution in [3.63, 3.8) is 0 Å². The third kappa shape index (κ3) is 6.66. The molecule has 2 aliphatic heterocycles. The van der Waals surface area contributed by atoms with Crippen molar-refractivity contribution >= 4 is 39.3 Å². The zero-order valence-corrected chi connectivity index (χ0v) is 32.3. The van der Waals surface area contributed by atoms with Gasteiger partial charge < -0.3 is 35.7 Å². The molecule has 60 heavy (non-hydrogen) atoms. The lowest BCUT2D eigenvalue weighted by Crippen LogP contribution is -2.25. The highest BCUT2D eigenvalue weighted by Gasteiger charge is 2.28. The predicted octanol–water partition coefficient (Wildman–Crippen LogP) is 6.18. The topological polar surface area (TPSA) is 219 Å². The molecule has 1 aliphatic carbocycles. The highest BCUT2D eigenvalue weighted by Crippen LogP contribution is 2.39. The van der Waals surface area contributed by atoms with Gasteiger partial charge in [0.2, 0.25) is 0 Å². The van der Waals surface area contributed by atoms with E-state index in [1.165, 1.54) is 0 Å². The normalized spacial score (nSPS) is 12.8. The molecule has 298 valence electrons. The SMILES string of the molecule is O=C(NCCCCc1cccc(O)c1)c1cccc2c1-c1nc-2nc2[nH]c(nc3nc(nc4[nH]c(n1)c1ccc(CO)cc41)-c1cc(CO)ccc1-3)c1c2CC=C(CO)C1. The Kier molecular flexibility index (Phi) is 9.43. The van der Waals surface area contributed by atoms with Gasteiger partial charge in [0.1, 0.15) is 28.3 Å². The Labute approximate surface area is 342 Å². The summed E-state index contributed by atoms with van der Waals surface area (Å²) in [7, 11) is 0. The van der Waals surface area contributed by atoms with E-state index in [9.17, 15) is 25.2 Å². The first-order valence-corrected chi connectivity index (χ1v) is 19.9. The minimum absolute atomic E-state index is 0.0900. The summed E-state index contributed by atoms with van der Waals surface area (Å²) in [6.07, 6.45) is 5.30. The zero-order chi connectivity index (χ0) is 40.9. The summed E-state index contributed by atoms with van der Waals surface area (Å²) in [5.41, 5.74) is 10.00. The van der Waals surface area contributed by atoms with E-state index in [-0.39, 0.29) is 37.3 Å². The molecule has 1 amide bonds. The summed E-state index contributed by atoms with van der Waals surface area (Å²) in [6.45, 7) is 0.00116. The first-order chi connectivity index (χ1) is 29.4. The van der Waals surface area contributed by atoms with Crippen molar-refractivity contribution in [3.8, 4) is 51.3 Å². The van der Waals surface area contributed by atoms with E-state index in [1.807, 2.05) is 66.7 Å². The average molecular weight is 798 g/mol. The molecule has 8 bridgehead atoms. The number of nitrogens with one attached hydrogen (secondary N) is 3. The Morgan fingerprint density at radius 1 is 0.617 bits per heavy atom. The number of benzene rings is 4. The molecule has 0 radical (unpaired) electrons. The van der Waals surface area contributed by atoms with Crippen LogP contribution in [0.1, 0.15) is 51.0 Å². The van der Waals surface area contributed by atoms with Gasteiger partial charge in [0.05, 0.1) is 25.4 Å². The molecule has 0 unspecified atom stereocenters. The van der Waals surface area contributed by atoms with Crippen LogP contribution in [0.4, 0.5) is 0 Å². The standard InChI is InChI=1S/C46H39N9O5/c56-21-25-10-13-29-34(18-25)42-49-38(29)48-41-32-8-4-9-33(46(60)47-16-2-1-5-24-6-3-7-28(59)17-24)37(32)45(55-41)54-40-31-15-12-27(23-58)20-36(31)44(52-40)53-43-35-19-26(22-57)11-14-30(35)39(50-42)51-43/h3-4,6-12,14-15,17,19-20,56-59H,1-2,5,13,16,18,21-23H2,(H,47,60)(H2,48,49,50,51,52,53,54,55). The number of unbranched alkanes of at least 4 members (excludes halogenated alkanes) is 1. The number of rotatable bonds is 9. The number of nitrogens with zero attached hydrogens (tertiary/aromatic N) is 6. The fourth-order valence-electron chi connectivity index (χ4n) is 8.23. The summed E-state index contributed by atoms with van der Waals surface area (Å²) in [5.74, 6) is 1.40. The molecule has 7 N–H and O–H groups in total. The molecule has 14 nitrogen and oxygen atoms in total. The van der Waals surface area contributed by atoms with Gasteiger partial charge in [-0.05, 0) is 84.7 Å². The van der Waals surface area contributed by atoms with Crippen molar-refractivity contribution in [2.45, 2.75) is 45.3 Å². The number of allylic oxidation sites excluding steroid dienone is 1. The molecule has 4 aromatic carbocycles. The van der Waals surface area contributed by atoms with Crippen molar-refractivity contribution in [2.75, 3.05) is 13.2 Å². The lowest BCUT2D eigenvalue weighted by molar-refractivity contribution is 0.0953. The van der Waals surface area contributed by atoms with Crippen LogP contribution in [-0.2, 0) is 32.5 Å². The number of aromatic hydroxyl groups is 1. The highest BCUT2D eigenvalue weighted by atomic mass is 16.3. The Hall–Kier alpha value is -7.13. The number of fused-ring (bicyclic) bond motifs is 20. The number of hydrogen-bond donors (Lipinski definition) is 7. The van der Waals surface area contributed by atoms with E-state index in [0.717, 1.165) is 47.1 Å². The quantitative estimate of drug-likeness (QED) is 0.0646. The van der Waals surface area contributed by atoms with Gasteiger partial charge in [-0.2, -0.15) is 0 Å². The van der Waals surface area contributed by atoms with Gasteiger partial charge in [-0.15, -0.1) is 0 Å². The fraction of sp³-hybridized carbons (Fsp3) is 0.196. The maximum atomic E-state index is 14.0. The van der Waals surface area contributed by atoms with Crippen LogP contribution >= 0.6 is 0 Å². The molecule has 14 heteroatoms. The van der Waals surface area contributed by atoms with Crippen LogP contribution in [-0.4, -0.2) is 79.4 Å². The lowest BCUT2D eigenvalue weighted by atomic mass is 9.95. The van der Waals surface area contributed by atoms with Gasteiger partial charge in [-0.25, -0.2) is 29.9 Å². The average Bonchev–Trinajstić information content (AvgIpc) is 4.00. The second-order valence-corrected chi connectivity index (χ2v) is 15.2. The molecule has 3 aromatic heterocycles. The number of phenolic OH excluding ortho intramolecular Hbond substituents is 1. The Bertz CT molecular complexity index is 3100. The van der Waals surface area contributed by atoms with Crippen molar-refractivity contribution in [3.05, 3.63) is 124 Å². The van der Waals surface area contributed by atoms with Crippen LogP contribution in [0.3, 0.4) is 0 Å². The number of aliphatic hydroxyl groups is 3. The van der Waals surface area contributed by atoms with Crippen LogP contribution in [0.5, 0.6) is 5.75 Å². The Balaban J connectivity index is 1.17. The number of carbonyl (C=O) groups is 1. The van der Waals surface area contributed by atoms with Crippen LogP contribution < -0.4 is 5.32 Å². The fourth-order valence-corrected chi connectivity index (χ4v) is 8.23. The number of phenols is 1. The van der Waals surface area contributed by atoms with Gasteiger partial charge in [-0.3, -0.25) is 4.79 Å². The summed E-state index contributed by atoms with van der Waals surface area (Å²) in [5, 5.41) is 44.7. The zero-order valence-electron chi connectivity index (χ0n) is 32.3. The molecule has 0 saturated carbocycles. The molecule has 7 aromatic rings. The van der Waals surface area contributed by atoms with E-state index in [4.69, 9.17) is 29.9 Å². The molecule has 5 heterocycles. The predicted molar refractivity (Wildman–Crippen MR) is 226 cm³/mol. The monoisotopic (exact) mass is 797 g/mol. The molecular weight excluding hydrogens is 759 g/mol. The van der Waals surface area contributed by atoms with E-state index in [2.05, 4.69) is 15.3 Å². The van der Waals surface area contributed by atoms with Gasteiger partial charge in [0.25, 0.3) is 5.91 Å². The minimum atomic E-state index is -0.272. The van der Waals surface area contributed by atoms with Gasteiger partial charge in [0.15, 0.2) is 23.3 Å². The summed E-state index contributed by atoms with van der Waals surface area (Å²) < 4.78 is 0. The Morgan fingerprint density at radius 2 is 1.32 bits per heavy atom. The smallest absolute Gasteiger partial charge is 0.252 e.